The van der Waals surface area contributed by atoms with Gasteiger partial charge in [0, 0.05) is 22.9 Å². The van der Waals surface area contributed by atoms with E-state index >= 15 is 0 Å². The summed E-state index contributed by atoms with van der Waals surface area (Å²) in [5.74, 6) is 0.365. The Kier molecular flexibility index (Phi) is 7.19. The summed E-state index contributed by atoms with van der Waals surface area (Å²) in [6.07, 6.45) is 1.17. The molecule has 0 aliphatic carbocycles. The topological polar surface area (TPSA) is 52.6 Å². The van der Waals surface area contributed by atoms with Crippen molar-refractivity contribution in [2.24, 2.45) is 0 Å². The Morgan fingerprint density at radius 2 is 1.66 bits per heavy atom. The molecule has 3 aromatic carbocycles. The summed E-state index contributed by atoms with van der Waals surface area (Å²) in [5, 5.41) is 0. The van der Waals surface area contributed by atoms with E-state index in [9.17, 15) is 9.59 Å². The van der Waals surface area contributed by atoms with Gasteiger partial charge in [-0.15, -0.1) is 0 Å². The molecule has 0 aliphatic rings. The van der Waals surface area contributed by atoms with Crippen molar-refractivity contribution in [2.75, 3.05) is 6.61 Å². The van der Waals surface area contributed by atoms with Crippen LogP contribution in [0.3, 0.4) is 0 Å². The lowest BCUT2D eigenvalue weighted by molar-refractivity contribution is 0.0730. The maximum Gasteiger partial charge on any atom is 0.347 e. The fourth-order valence-electron chi connectivity index (χ4n) is 2.79. The summed E-state index contributed by atoms with van der Waals surface area (Å²) in [6, 6.07) is 21.8. The molecule has 0 atom stereocenters. The van der Waals surface area contributed by atoms with Crippen molar-refractivity contribution in [1.82, 2.24) is 0 Å². The second kappa shape index (κ2) is 10.0. The maximum absolute atomic E-state index is 12.7. The number of ether oxygens (including phenoxy) is 2. The van der Waals surface area contributed by atoms with Crippen LogP contribution in [0.1, 0.15) is 39.6 Å². The first kappa shape index (κ1) is 20.8. The zero-order valence-electron chi connectivity index (χ0n) is 16.1. The Morgan fingerprint density at radius 3 is 2.34 bits per heavy atom. The number of rotatable bonds is 8. The third kappa shape index (κ3) is 5.78. The molecule has 0 aromatic heterocycles. The lowest BCUT2D eigenvalue weighted by Crippen LogP contribution is -2.12. The predicted octanol–water partition coefficient (Wildman–Crippen LogP) is 5.88. The van der Waals surface area contributed by atoms with Crippen LogP contribution in [-0.4, -0.2) is 18.4 Å². The van der Waals surface area contributed by atoms with E-state index in [1.54, 1.807) is 36.4 Å². The molecular formula is C24H21BrO4. The largest absolute Gasteiger partial charge is 0.492 e. The van der Waals surface area contributed by atoms with Crippen molar-refractivity contribution in [3.8, 4) is 11.5 Å². The van der Waals surface area contributed by atoms with Crippen molar-refractivity contribution < 1.29 is 19.1 Å². The first-order valence-electron chi connectivity index (χ1n) is 9.38. The molecule has 3 rings (SSSR count). The molecule has 3 aromatic rings. The fourth-order valence-corrected chi connectivity index (χ4v) is 3.15. The standard InChI is InChI=1S/C24H21BrO4/c1-2-22(26)18-8-11-20(12-9-18)29-24(27)21-16-19(25)10-13-23(21)28-15-14-17-6-4-3-5-7-17/h3-13,16H,2,14-15H2,1H3. The zero-order valence-corrected chi connectivity index (χ0v) is 17.6. The molecule has 5 heteroatoms. The van der Waals surface area contributed by atoms with Gasteiger partial charge in [0.2, 0.25) is 0 Å². The Bertz CT molecular complexity index is 982. The zero-order chi connectivity index (χ0) is 20.6. The van der Waals surface area contributed by atoms with Gasteiger partial charge in [-0.25, -0.2) is 4.79 Å². The molecule has 0 radical (unpaired) electrons. The van der Waals surface area contributed by atoms with Gasteiger partial charge >= 0.3 is 5.97 Å². The Labute approximate surface area is 178 Å². The molecular weight excluding hydrogens is 432 g/mol. The Morgan fingerprint density at radius 1 is 0.931 bits per heavy atom. The minimum atomic E-state index is -0.518. The van der Waals surface area contributed by atoms with E-state index in [2.05, 4.69) is 15.9 Å². The van der Waals surface area contributed by atoms with Crippen molar-refractivity contribution >= 4 is 27.7 Å². The average Bonchev–Trinajstić information content (AvgIpc) is 2.75. The quantitative estimate of drug-likeness (QED) is 0.243. The van der Waals surface area contributed by atoms with E-state index in [1.165, 1.54) is 0 Å². The van der Waals surface area contributed by atoms with E-state index in [0.717, 1.165) is 16.5 Å². The maximum atomic E-state index is 12.7. The van der Waals surface area contributed by atoms with Crippen molar-refractivity contribution in [1.29, 1.82) is 0 Å². The minimum Gasteiger partial charge on any atom is -0.492 e. The van der Waals surface area contributed by atoms with Gasteiger partial charge in [0.1, 0.15) is 17.1 Å². The molecule has 0 saturated heterocycles. The van der Waals surface area contributed by atoms with Crippen molar-refractivity contribution in [3.63, 3.8) is 0 Å². The number of halogens is 1. The summed E-state index contributed by atoms with van der Waals surface area (Å²) in [6.45, 7) is 2.25. The molecule has 0 bridgehead atoms. The van der Waals surface area contributed by atoms with Crippen molar-refractivity contribution in [3.05, 3.63) is 94.0 Å². The molecule has 0 spiro atoms. The Hall–Kier alpha value is -2.92. The number of ketones is 1. The highest BCUT2D eigenvalue weighted by Crippen LogP contribution is 2.25. The van der Waals surface area contributed by atoms with Gasteiger partial charge in [-0.05, 0) is 48.0 Å². The van der Waals surface area contributed by atoms with E-state index in [4.69, 9.17) is 9.47 Å². The fraction of sp³-hybridized carbons (Fsp3) is 0.167. The molecule has 0 fully saturated rings. The number of carbonyl (C=O) groups is 2. The van der Waals surface area contributed by atoms with Crippen LogP contribution in [0, 0.1) is 0 Å². The van der Waals surface area contributed by atoms with Crippen LogP contribution in [0.25, 0.3) is 0 Å². The molecule has 148 valence electrons. The summed E-state index contributed by atoms with van der Waals surface area (Å²) in [5.41, 5.74) is 2.09. The SMILES string of the molecule is CCC(=O)c1ccc(OC(=O)c2cc(Br)ccc2OCCc2ccccc2)cc1. The summed E-state index contributed by atoms with van der Waals surface area (Å²) >= 11 is 3.39. The van der Waals surface area contributed by atoms with E-state index in [-0.39, 0.29) is 5.78 Å². The van der Waals surface area contributed by atoms with Crippen LogP contribution in [-0.2, 0) is 6.42 Å². The first-order chi connectivity index (χ1) is 14.1. The van der Waals surface area contributed by atoms with Gasteiger partial charge in [0.15, 0.2) is 5.78 Å². The third-order valence-electron chi connectivity index (χ3n) is 4.36. The molecule has 0 aliphatic heterocycles. The normalized spacial score (nSPS) is 10.4. The summed E-state index contributed by atoms with van der Waals surface area (Å²) < 4.78 is 12.1. The minimum absolute atomic E-state index is 0.0453. The lowest BCUT2D eigenvalue weighted by atomic mass is 10.1. The summed E-state index contributed by atoms with van der Waals surface area (Å²) in [4.78, 5) is 24.4. The van der Waals surface area contributed by atoms with Crippen LogP contribution >= 0.6 is 15.9 Å². The van der Waals surface area contributed by atoms with E-state index in [1.807, 2.05) is 43.3 Å². The van der Waals surface area contributed by atoms with Gasteiger partial charge < -0.3 is 9.47 Å². The van der Waals surface area contributed by atoms with Crippen LogP contribution in [0.2, 0.25) is 0 Å². The number of benzene rings is 3. The number of esters is 1. The highest BCUT2D eigenvalue weighted by atomic mass is 79.9. The monoisotopic (exact) mass is 452 g/mol. The number of hydrogen-bond donors (Lipinski definition) is 0. The molecule has 0 saturated carbocycles. The lowest BCUT2D eigenvalue weighted by Gasteiger charge is -2.12. The van der Waals surface area contributed by atoms with Crippen LogP contribution < -0.4 is 9.47 Å². The van der Waals surface area contributed by atoms with E-state index in [0.29, 0.717) is 35.7 Å². The van der Waals surface area contributed by atoms with Crippen molar-refractivity contribution in [2.45, 2.75) is 19.8 Å². The molecule has 0 amide bonds. The number of Topliss-reactive ketones (excluding diaryl/α,β-unsaturated/α-hetero) is 1. The van der Waals surface area contributed by atoms with Crippen LogP contribution in [0.15, 0.2) is 77.3 Å². The molecule has 4 nitrogen and oxygen atoms in total. The van der Waals surface area contributed by atoms with Crippen LogP contribution in [0.5, 0.6) is 11.5 Å². The van der Waals surface area contributed by atoms with Gasteiger partial charge in [-0.1, -0.05) is 53.2 Å². The molecule has 0 heterocycles. The van der Waals surface area contributed by atoms with Crippen LogP contribution in [0.4, 0.5) is 0 Å². The highest BCUT2D eigenvalue weighted by Gasteiger charge is 2.16. The average molecular weight is 453 g/mol. The molecule has 0 unspecified atom stereocenters. The predicted molar refractivity (Wildman–Crippen MR) is 116 cm³/mol. The van der Waals surface area contributed by atoms with Gasteiger partial charge in [-0.3, -0.25) is 4.79 Å². The van der Waals surface area contributed by atoms with Gasteiger partial charge in [0.05, 0.1) is 6.61 Å². The smallest absolute Gasteiger partial charge is 0.347 e. The second-order valence-electron chi connectivity index (χ2n) is 6.42. The highest BCUT2D eigenvalue weighted by molar-refractivity contribution is 9.10. The number of carbonyl (C=O) groups excluding carboxylic acids is 2. The Balaban J connectivity index is 1.69. The van der Waals surface area contributed by atoms with E-state index < -0.39 is 5.97 Å². The first-order valence-corrected chi connectivity index (χ1v) is 10.2. The molecule has 29 heavy (non-hydrogen) atoms. The van der Waals surface area contributed by atoms with Gasteiger partial charge in [0.25, 0.3) is 0 Å². The second-order valence-corrected chi connectivity index (χ2v) is 7.33. The molecule has 0 N–H and O–H groups in total. The third-order valence-corrected chi connectivity index (χ3v) is 4.85. The van der Waals surface area contributed by atoms with Gasteiger partial charge in [-0.2, -0.15) is 0 Å². The number of hydrogen-bond acceptors (Lipinski definition) is 4. The summed E-state index contributed by atoms with van der Waals surface area (Å²) in [7, 11) is 0.